The van der Waals surface area contributed by atoms with Crippen LogP contribution in [0.4, 0.5) is 0 Å². The molecular formula is C22H30N2O3. The molecule has 146 valence electrons. The molecule has 0 spiro atoms. The second-order valence-corrected chi connectivity index (χ2v) is 9.10. The first-order valence-corrected chi connectivity index (χ1v) is 10.3. The highest BCUT2D eigenvalue weighted by atomic mass is 16.3. The fourth-order valence-corrected chi connectivity index (χ4v) is 6.11. The smallest absolute Gasteiger partial charge is 0.285 e. The summed E-state index contributed by atoms with van der Waals surface area (Å²) in [6.45, 7) is 1.81. The van der Waals surface area contributed by atoms with Crippen LogP contribution in [0.1, 0.15) is 49.7 Å². The number of nitrogens with one attached hydrogen (secondary N) is 1. The van der Waals surface area contributed by atoms with Crippen molar-refractivity contribution in [1.82, 2.24) is 5.32 Å². The van der Waals surface area contributed by atoms with Crippen molar-refractivity contribution in [2.24, 2.45) is 29.4 Å². The monoisotopic (exact) mass is 370 g/mol. The zero-order valence-corrected chi connectivity index (χ0v) is 15.8. The minimum Gasteiger partial charge on any atom is -0.390 e. The summed E-state index contributed by atoms with van der Waals surface area (Å²) in [5.41, 5.74) is 6.64. The Morgan fingerprint density at radius 3 is 2.30 bits per heavy atom. The fraction of sp³-hybridized carbons (Fsp3) is 0.636. The zero-order valence-electron chi connectivity index (χ0n) is 15.8. The van der Waals surface area contributed by atoms with Gasteiger partial charge in [-0.15, -0.1) is 0 Å². The summed E-state index contributed by atoms with van der Waals surface area (Å²) in [5, 5.41) is 14.2. The van der Waals surface area contributed by atoms with E-state index in [0.717, 1.165) is 61.6 Å². The maximum Gasteiger partial charge on any atom is 0.285 e. The first kappa shape index (κ1) is 18.6. The highest BCUT2D eigenvalue weighted by Gasteiger charge is 2.54. The van der Waals surface area contributed by atoms with Crippen LogP contribution in [0.2, 0.25) is 0 Å². The molecule has 1 aromatic rings. The predicted molar refractivity (Wildman–Crippen MR) is 103 cm³/mol. The van der Waals surface area contributed by atoms with Gasteiger partial charge in [0.2, 0.25) is 5.78 Å². The summed E-state index contributed by atoms with van der Waals surface area (Å²) in [4.78, 5) is 22.2. The number of aliphatic hydroxyl groups is 1. The second kappa shape index (κ2) is 7.36. The van der Waals surface area contributed by atoms with Crippen LogP contribution < -0.4 is 11.1 Å². The molecule has 4 N–H and O–H groups in total. The number of nitrogens with two attached hydrogens (primary N) is 1. The molecular weight excluding hydrogens is 340 g/mol. The molecule has 4 bridgehead atoms. The maximum atomic E-state index is 11.4. The minimum absolute atomic E-state index is 0.0703. The Labute approximate surface area is 160 Å². The highest BCUT2D eigenvalue weighted by Crippen LogP contribution is 2.58. The Hall–Kier alpha value is -1.72. The van der Waals surface area contributed by atoms with E-state index in [1.807, 2.05) is 24.3 Å². The van der Waals surface area contributed by atoms with E-state index in [1.54, 1.807) is 0 Å². The number of primary amides is 1. The fourth-order valence-electron chi connectivity index (χ4n) is 6.11. The third-order valence-corrected chi connectivity index (χ3v) is 7.08. The molecule has 1 aromatic carbocycles. The van der Waals surface area contributed by atoms with Gasteiger partial charge >= 0.3 is 0 Å². The molecule has 0 saturated heterocycles. The number of ketones is 1. The van der Waals surface area contributed by atoms with Crippen LogP contribution in [-0.4, -0.2) is 28.9 Å². The number of benzene rings is 1. The molecule has 1 amide bonds. The van der Waals surface area contributed by atoms with Crippen molar-refractivity contribution in [2.45, 2.75) is 57.1 Å². The quantitative estimate of drug-likeness (QED) is 0.482. The van der Waals surface area contributed by atoms with E-state index in [1.165, 1.54) is 24.8 Å². The van der Waals surface area contributed by atoms with Gasteiger partial charge in [0, 0.05) is 13.0 Å². The molecule has 0 aliphatic heterocycles. The summed E-state index contributed by atoms with van der Waals surface area (Å²) >= 11 is 0. The van der Waals surface area contributed by atoms with Crippen LogP contribution >= 0.6 is 0 Å². The summed E-state index contributed by atoms with van der Waals surface area (Å²) in [6, 6.07) is 7.76. The van der Waals surface area contributed by atoms with Gasteiger partial charge in [0.15, 0.2) is 0 Å². The van der Waals surface area contributed by atoms with Crippen molar-refractivity contribution in [3.8, 4) is 0 Å². The van der Waals surface area contributed by atoms with Crippen LogP contribution in [-0.2, 0) is 22.6 Å². The number of carbonyl (C=O) groups is 2. The van der Waals surface area contributed by atoms with Crippen molar-refractivity contribution in [2.75, 3.05) is 6.54 Å². The topological polar surface area (TPSA) is 92.4 Å². The van der Waals surface area contributed by atoms with Crippen LogP contribution in [0.25, 0.3) is 0 Å². The Bertz CT molecular complexity index is 699. The van der Waals surface area contributed by atoms with Gasteiger partial charge in [0.05, 0.1) is 5.60 Å². The molecule has 2 atom stereocenters. The average Bonchev–Trinajstić information content (AvgIpc) is 2.60. The summed E-state index contributed by atoms with van der Waals surface area (Å²) in [7, 11) is 0. The third kappa shape index (κ3) is 4.09. The number of hydrogen-bond donors (Lipinski definition) is 3. The molecule has 0 radical (unpaired) electrons. The molecule has 4 aliphatic carbocycles. The zero-order chi connectivity index (χ0) is 19.0. The largest absolute Gasteiger partial charge is 0.390 e. The number of amides is 1. The molecule has 5 heteroatoms. The van der Waals surface area contributed by atoms with Crippen LogP contribution in [0, 0.1) is 23.7 Å². The Morgan fingerprint density at radius 1 is 1.07 bits per heavy atom. The van der Waals surface area contributed by atoms with E-state index in [-0.39, 0.29) is 12.0 Å². The predicted octanol–water partition coefficient (Wildman–Crippen LogP) is 1.95. The second-order valence-electron chi connectivity index (χ2n) is 9.10. The lowest BCUT2D eigenvalue weighted by atomic mass is 9.49. The van der Waals surface area contributed by atoms with E-state index in [9.17, 15) is 14.7 Å². The first-order valence-electron chi connectivity index (χ1n) is 10.3. The molecule has 27 heavy (non-hydrogen) atoms. The molecule has 4 saturated carbocycles. The maximum absolute atomic E-state index is 11.4. The summed E-state index contributed by atoms with van der Waals surface area (Å²) in [5.74, 6) is 1.57. The Kier molecular flexibility index (Phi) is 5.08. The van der Waals surface area contributed by atoms with E-state index < -0.39 is 11.7 Å². The van der Waals surface area contributed by atoms with Gasteiger partial charge in [-0.05, 0) is 79.9 Å². The van der Waals surface area contributed by atoms with E-state index >= 15 is 0 Å². The molecule has 2 unspecified atom stereocenters. The van der Waals surface area contributed by atoms with Gasteiger partial charge in [-0.2, -0.15) is 0 Å². The van der Waals surface area contributed by atoms with Crippen molar-refractivity contribution < 1.29 is 14.7 Å². The van der Waals surface area contributed by atoms with Crippen molar-refractivity contribution >= 4 is 11.7 Å². The van der Waals surface area contributed by atoms with Gasteiger partial charge in [-0.25, -0.2) is 0 Å². The lowest BCUT2D eigenvalue weighted by Gasteiger charge is -2.58. The SMILES string of the molecule is NC(=O)C(=O)Cc1ccc(CNCCC2C3CC4CC2CC(O)(C4)C3)cc1. The lowest BCUT2D eigenvalue weighted by molar-refractivity contribution is -0.152. The van der Waals surface area contributed by atoms with Crippen LogP contribution in [0.3, 0.4) is 0 Å². The van der Waals surface area contributed by atoms with E-state index in [4.69, 9.17) is 5.73 Å². The van der Waals surface area contributed by atoms with Gasteiger partial charge < -0.3 is 16.2 Å². The first-order chi connectivity index (χ1) is 12.9. The van der Waals surface area contributed by atoms with Crippen molar-refractivity contribution in [3.63, 3.8) is 0 Å². The molecule has 4 fully saturated rings. The number of hydrogen-bond acceptors (Lipinski definition) is 4. The summed E-state index contributed by atoms with van der Waals surface area (Å²) in [6.07, 6.45) is 7.02. The van der Waals surface area contributed by atoms with Crippen LogP contribution in [0.5, 0.6) is 0 Å². The Balaban J connectivity index is 1.22. The minimum atomic E-state index is -0.877. The van der Waals surface area contributed by atoms with Gasteiger partial charge in [-0.1, -0.05) is 24.3 Å². The average molecular weight is 370 g/mol. The molecule has 5 nitrogen and oxygen atoms in total. The molecule has 4 aliphatic rings. The standard InChI is InChI=1S/C22H30N2O3/c23-21(26)20(25)9-14-1-3-15(4-2-14)13-24-6-5-19-17-7-16-8-18(19)12-22(27,10-16)11-17/h1-4,16-19,24,27H,5-13H2,(H2,23,26). The number of carbonyl (C=O) groups excluding carboxylic acids is 2. The normalized spacial score (nSPS) is 34.0. The Morgan fingerprint density at radius 2 is 1.70 bits per heavy atom. The third-order valence-electron chi connectivity index (χ3n) is 7.08. The lowest BCUT2D eigenvalue weighted by Crippen LogP contribution is -2.54. The number of rotatable bonds is 8. The van der Waals surface area contributed by atoms with Gasteiger partial charge in [0.1, 0.15) is 0 Å². The van der Waals surface area contributed by atoms with E-state index in [2.05, 4.69) is 5.32 Å². The van der Waals surface area contributed by atoms with Gasteiger partial charge in [0.25, 0.3) is 5.91 Å². The van der Waals surface area contributed by atoms with Crippen molar-refractivity contribution in [1.29, 1.82) is 0 Å². The van der Waals surface area contributed by atoms with Gasteiger partial charge in [-0.3, -0.25) is 9.59 Å². The molecule has 0 heterocycles. The molecule has 5 rings (SSSR count). The highest BCUT2D eigenvalue weighted by molar-refractivity contribution is 6.35. The van der Waals surface area contributed by atoms with E-state index in [0.29, 0.717) is 0 Å². The van der Waals surface area contributed by atoms with Crippen LogP contribution in [0.15, 0.2) is 24.3 Å². The number of Topliss-reactive ketones (excluding diaryl/α,β-unsaturated/α-hetero) is 1. The summed E-state index contributed by atoms with van der Waals surface area (Å²) < 4.78 is 0. The van der Waals surface area contributed by atoms with Crippen molar-refractivity contribution in [3.05, 3.63) is 35.4 Å². The molecule has 0 aromatic heterocycles.